The number of carboxylic acids is 1. The number of hydrogen-bond donors (Lipinski definition) is 3. The lowest BCUT2D eigenvalue weighted by molar-refractivity contribution is 0.0698. The molecule has 0 aliphatic rings. The van der Waals surface area contributed by atoms with Crippen molar-refractivity contribution < 1.29 is 9.90 Å². The van der Waals surface area contributed by atoms with Gasteiger partial charge in [-0.25, -0.2) is 4.79 Å². The van der Waals surface area contributed by atoms with Crippen LogP contribution in [0.4, 0.5) is 10.7 Å². The van der Waals surface area contributed by atoms with Gasteiger partial charge in [0.1, 0.15) is 5.00 Å². The summed E-state index contributed by atoms with van der Waals surface area (Å²) >= 11 is 6.48. The molecule has 0 saturated heterocycles. The maximum atomic E-state index is 11.1. The fourth-order valence-electron chi connectivity index (χ4n) is 1.47. The number of pyridine rings is 1. The highest BCUT2D eigenvalue weighted by Gasteiger charge is 2.14. The van der Waals surface area contributed by atoms with E-state index in [-0.39, 0.29) is 5.56 Å². The van der Waals surface area contributed by atoms with E-state index >= 15 is 0 Å². The molecule has 0 radical (unpaired) electrons. The van der Waals surface area contributed by atoms with Crippen LogP contribution in [0.5, 0.6) is 0 Å². The van der Waals surface area contributed by atoms with Crippen LogP contribution < -0.4 is 10.6 Å². The molecule has 5 nitrogen and oxygen atoms in total. The second kappa shape index (κ2) is 5.77. The Kier molecular flexibility index (Phi) is 4.08. The van der Waals surface area contributed by atoms with Gasteiger partial charge < -0.3 is 15.7 Å². The highest BCUT2D eigenvalue weighted by atomic mass is 32.1. The van der Waals surface area contributed by atoms with Gasteiger partial charge in [-0.2, -0.15) is 0 Å². The van der Waals surface area contributed by atoms with E-state index in [9.17, 15) is 4.79 Å². The zero-order valence-corrected chi connectivity index (χ0v) is 11.6. The molecule has 2 heterocycles. The molecule has 0 spiro atoms. The van der Waals surface area contributed by atoms with Crippen LogP contribution in [0, 0.1) is 6.92 Å². The van der Waals surface area contributed by atoms with Gasteiger partial charge in [-0.3, -0.25) is 4.98 Å². The van der Waals surface area contributed by atoms with Gasteiger partial charge in [0.05, 0.1) is 17.4 Å². The van der Waals surface area contributed by atoms with Gasteiger partial charge in [0, 0.05) is 11.1 Å². The Morgan fingerprint density at radius 2 is 2.26 bits per heavy atom. The Balaban J connectivity index is 2.09. The molecule has 0 aliphatic heterocycles. The minimum Gasteiger partial charge on any atom is -0.478 e. The topological polar surface area (TPSA) is 74.2 Å². The molecule has 2 rings (SSSR count). The zero-order chi connectivity index (χ0) is 13.8. The van der Waals surface area contributed by atoms with Crippen LogP contribution in [0.15, 0.2) is 30.6 Å². The Bertz CT molecular complexity index is 611. The van der Waals surface area contributed by atoms with E-state index in [1.54, 1.807) is 24.5 Å². The summed E-state index contributed by atoms with van der Waals surface area (Å²) in [6, 6.07) is 5.21. The summed E-state index contributed by atoms with van der Waals surface area (Å²) in [4.78, 5) is 15.9. The normalized spacial score (nSPS) is 9.95. The van der Waals surface area contributed by atoms with Crippen molar-refractivity contribution in [2.45, 2.75) is 6.92 Å². The fourth-order valence-corrected chi connectivity index (χ4v) is 2.66. The first-order chi connectivity index (χ1) is 9.06. The predicted octanol–water partition coefficient (Wildman–Crippen LogP) is 2.96. The zero-order valence-electron chi connectivity index (χ0n) is 10.0. The number of anilines is 2. The van der Waals surface area contributed by atoms with Gasteiger partial charge in [-0.1, -0.05) is 0 Å². The Labute approximate surface area is 119 Å². The smallest absolute Gasteiger partial charge is 0.338 e. The highest BCUT2D eigenvalue weighted by molar-refractivity contribution is 7.80. The van der Waals surface area contributed by atoms with Crippen molar-refractivity contribution in [1.29, 1.82) is 0 Å². The lowest BCUT2D eigenvalue weighted by Gasteiger charge is -2.09. The molecule has 7 heteroatoms. The molecule has 0 saturated carbocycles. The average Bonchev–Trinajstić information content (AvgIpc) is 2.71. The minimum absolute atomic E-state index is 0.220. The summed E-state index contributed by atoms with van der Waals surface area (Å²) in [6.45, 7) is 1.85. The van der Waals surface area contributed by atoms with Crippen molar-refractivity contribution >= 4 is 45.3 Å². The number of aryl methyl sites for hydroxylation is 1. The first-order valence-corrected chi connectivity index (χ1v) is 6.60. The molecular weight excluding hydrogens is 282 g/mol. The number of carbonyl (C=O) groups is 1. The molecule has 3 N–H and O–H groups in total. The standard InChI is InChI=1S/C12H11N3O2S2/c1-7-5-9(11(16)17)10(19-7)15-12(18)14-8-3-2-4-13-6-8/h2-6H,1H3,(H,16,17)(H2,14,15,18). The van der Waals surface area contributed by atoms with Crippen LogP contribution in [-0.2, 0) is 0 Å². The van der Waals surface area contributed by atoms with E-state index in [1.807, 2.05) is 13.0 Å². The van der Waals surface area contributed by atoms with Crippen molar-refractivity contribution in [3.8, 4) is 0 Å². The van der Waals surface area contributed by atoms with Gasteiger partial charge >= 0.3 is 5.97 Å². The third kappa shape index (κ3) is 3.49. The molecule has 0 bridgehead atoms. The summed E-state index contributed by atoms with van der Waals surface area (Å²) in [6.07, 6.45) is 3.29. The van der Waals surface area contributed by atoms with E-state index < -0.39 is 5.97 Å². The first-order valence-electron chi connectivity index (χ1n) is 5.38. The van der Waals surface area contributed by atoms with E-state index in [0.29, 0.717) is 10.1 Å². The van der Waals surface area contributed by atoms with Crippen LogP contribution in [0.1, 0.15) is 15.2 Å². The van der Waals surface area contributed by atoms with E-state index in [0.717, 1.165) is 10.6 Å². The maximum absolute atomic E-state index is 11.1. The van der Waals surface area contributed by atoms with Crippen molar-refractivity contribution in [2.24, 2.45) is 0 Å². The minimum atomic E-state index is -0.976. The number of nitrogens with one attached hydrogen (secondary N) is 2. The quantitative estimate of drug-likeness (QED) is 0.756. The van der Waals surface area contributed by atoms with Gasteiger partial charge in [-0.05, 0) is 37.3 Å². The molecule has 2 aromatic rings. The molecule has 19 heavy (non-hydrogen) atoms. The summed E-state index contributed by atoms with van der Waals surface area (Å²) in [7, 11) is 0. The van der Waals surface area contributed by atoms with Crippen molar-refractivity contribution in [2.75, 3.05) is 10.6 Å². The second-order valence-corrected chi connectivity index (χ2v) is 5.39. The van der Waals surface area contributed by atoms with Crippen LogP contribution in [0.25, 0.3) is 0 Å². The van der Waals surface area contributed by atoms with E-state index in [1.165, 1.54) is 11.3 Å². The summed E-state index contributed by atoms with van der Waals surface area (Å²) in [5.74, 6) is -0.976. The van der Waals surface area contributed by atoms with Crippen LogP contribution >= 0.6 is 23.6 Å². The number of thiophene rings is 1. The third-order valence-corrected chi connectivity index (χ3v) is 3.40. The van der Waals surface area contributed by atoms with Crippen LogP contribution in [0.2, 0.25) is 0 Å². The summed E-state index contributed by atoms with van der Waals surface area (Å²) < 4.78 is 0. The predicted molar refractivity (Wildman–Crippen MR) is 80.1 cm³/mol. The number of nitrogens with zero attached hydrogens (tertiary/aromatic N) is 1. The van der Waals surface area contributed by atoms with E-state index in [2.05, 4.69) is 15.6 Å². The number of rotatable bonds is 3. The Hall–Kier alpha value is -1.99. The maximum Gasteiger partial charge on any atom is 0.338 e. The molecule has 0 atom stereocenters. The molecule has 98 valence electrons. The van der Waals surface area contributed by atoms with Gasteiger partial charge in [0.25, 0.3) is 0 Å². The van der Waals surface area contributed by atoms with Gasteiger partial charge in [-0.15, -0.1) is 11.3 Å². The third-order valence-electron chi connectivity index (χ3n) is 2.23. The molecular formula is C12H11N3O2S2. The number of aromatic carboxylic acids is 1. The lowest BCUT2D eigenvalue weighted by Crippen LogP contribution is -2.19. The fraction of sp³-hybridized carbons (Fsp3) is 0.0833. The van der Waals surface area contributed by atoms with Gasteiger partial charge in [0.15, 0.2) is 5.11 Å². The average molecular weight is 293 g/mol. The Morgan fingerprint density at radius 3 is 2.89 bits per heavy atom. The second-order valence-electron chi connectivity index (χ2n) is 3.73. The van der Waals surface area contributed by atoms with Crippen LogP contribution in [0.3, 0.4) is 0 Å². The van der Waals surface area contributed by atoms with Crippen LogP contribution in [-0.4, -0.2) is 21.2 Å². The SMILES string of the molecule is Cc1cc(C(=O)O)c(NC(=S)Nc2cccnc2)s1. The molecule has 0 unspecified atom stereocenters. The molecule has 2 aromatic heterocycles. The van der Waals surface area contributed by atoms with Crippen molar-refractivity contribution in [3.05, 3.63) is 41.0 Å². The van der Waals surface area contributed by atoms with Crippen molar-refractivity contribution in [1.82, 2.24) is 4.98 Å². The van der Waals surface area contributed by atoms with E-state index in [4.69, 9.17) is 17.3 Å². The molecule has 0 aromatic carbocycles. The molecule has 0 aliphatic carbocycles. The monoisotopic (exact) mass is 293 g/mol. The molecule has 0 amide bonds. The number of hydrogen-bond acceptors (Lipinski definition) is 4. The number of thiocarbonyl (C=S) groups is 1. The highest BCUT2D eigenvalue weighted by Crippen LogP contribution is 2.27. The number of aromatic nitrogens is 1. The van der Waals surface area contributed by atoms with Crippen molar-refractivity contribution in [3.63, 3.8) is 0 Å². The summed E-state index contributed by atoms with van der Waals surface area (Å²) in [5, 5.41) is 15.8. The largest absolute Gasteiger partial charge is 0.478 e. The first kappa shape index (κ1) is 13.4. The van der Waals surface area contributed by atoms with Gasteiger partial charge in [0.2, 0.25) is 0 Å². The summed E-state index contributed by atoms with van der Waals surface area (Å²) in [5.41, 5.74) is 0.961. The lowest BCUT2D eigenvalue weighted by atomic mass is 10.3. The number of carboxylic acid groups (broad SMARTS) is 1. The Morgan fingerprint density at radius 1 is 1.47 bits per heavy atom. The molecule has 0 fully saturated rings.